The molecule has 29 heavy (non-hydrogen) atoms. The third-order valence-corrected chi connectivity index (χ3v) is 5.70. The van der Waals surface area contributed by atoms with Gasteiger partial charge in [0.05, 0.1) is 17.6 Å². The first-order valence-corrected chi connectivity index (χ1v) is 9.91. The molecule has 0 aromatic carbocycles. The molecule has 0 unspecified atom stereocenters. The lowest BCUT2D eigenvalue weighted by atomic mass is 9.81. The van der Waals surface area contributed by atoms with Crippen molar-refractivity contribution in [2.45, 2.75) is 26.2 Å². The van der Waals surface area contributed by atoms with E-state index in [-0.39, 0.29) is 5.91 Å². The van der Waals surface area contributed by atoms with Gasteiger partial charge in [-0.15, -0.1) is 0 Å². The van der Waals surface area contributed by atoms with Gasteiger partial charge in [-0.2, -0.15) is 0 Å². The van der Waals surface area contributed by atoms with Crippen LogP contribution in [0.4, 0.5) is 0 Å². The molecule has 3 aromatic rings. The number of allylic oxidation sites excluding steroid dienone is 3. The molecule has 0 atom stereocenters. The summed E-state index contributed by atoms with van der Waals surface area (Å²) in [5, 5.41) is 6.54. The number of pyridine rings is 2. The van der Waals surface area contributed by atoms with Crippen LogP contribution >= 0.6 is 0 Å². The molecule has 1 fully saturated rings. The van der Waals surface area contributed by atoms with E-state index in [1.165, 1.54) is 25.0 Å². The Morgan fingerprint density at radius 1 is 1.24 bits per heavy atom. The van der Waals surface area contributed by atoms with Crippen LogP contribution < -0.4 is 10.6 Å². The zero-order valence-corrected chi connectivity index (χ0v) is 16.2. The Kier molecular flexibility index (Phi) is 4.35. The van der Waals surface area contributed by atoms with Gasteiger partial charge in [0.2, 0.25) is 0 Å². The van der Waals surface area contributed by atoms with Gasteiger partial charge in [0.1, 0.15) is 5.82 Å². The van der Waals surface area contributed by atoms with Crippen molar-refractivity contribution in [3.8, 4) is 11.4 Å². The Balaban J connectivity index is 1.43. The van der Waals surface area contributed by atoms with E-state index in [9.17, 15) is 4.79 Å². The van der Waals surface area contributed by atoms with E-state index in [4.69, 9.17) is 0 Å². The summed E-state index contributed by atoms with van der Waals surface area (Å²) in [5.74, 6) is 1.12. The number of rotatable bonds is 4. The first-order chi connectivity index (χ1) is 14.2. The Bertz CT molecular complexity index is 1140. The summed E-state index contributed by atoms with van der Waals surface area (Å²) >= 11 is 0. The minimum Gasteiger partial charge on any atom is -0.383 e. The second-order valence-corrected chi connectivity index (χ2v) is 7.58. The van der Waals surface area contributed by atoms with Gasteiger partial charge in [0.25, 0.3) is 5.91 Å². The molecule has 4 heterocycles. The summed E-state index contributed by atoms with van der Waals surface area (Å²) < 4.78 is 0. The highest BCUT2D eigenvalue weighted by molar-refractivity contribution is 6.05. The molecule has 0 radical (unpaired) electrons. The predicted molar refractivity (Wildman–Crippen MR) is 111 cm³/mol. The van der Waals surface area contributed by atoms with E-state index < -0.39 is 0 Å². The fraction of sp³-hybridized carbons (Fsp3) is 0.273. The van der Waals surface area contributed by atoms with Crippen LogP contribution in [-0.2, 0) is 0 Å². The van der Waals surface area contributed by atoms with Crippen molar-refractivity contribution in [1.82, 2.24) is 30.6 Å². The highest BCUT2D eigenvalue weighted by Gasteiger charge is 2.25. The molecule has 1 saturated carbocycles. The zero-order chi connectivity index (χ0) is 19.8. The number of hydrogen-bond donors (Lipinski definition) is 3. The normalized spacial score (nSPS) is 16.9. The van der Waals surface area contributed by atoms with E-state index >= 15 is 0 Å². The quantitative estimate of drug-likeness (QED) is 0.639. The lowest BCUT2D eigenvalue weighted by Crippen LogP contribution is -2.35. The molecular formula is C22H22N6O. The minimum atomic E-state index is -0.171. The van der Waals surface area contributed by atoms with Crippen molar-refractivity contribution in [2.75, 3.05) is 6.54 Å². The molecule has 7 heteroatoms. The predicted octanol–water partition coefficient (Wildman–Crippen LogP) is 3.31. The fourth-order valence-electron chi connectivity index (χ4n) is 3.77. The van der Waals surface area contributed by atoms with Crippen molar-refractivity contribution in [1.29, 1.82) is 0 Å². The molecule has 2 aliphatic rings. The highest BCUT2D eigenvalue weighted by Crippen LogP contribution is 2.33. The molecular weight excluding hydrogens is 364 g/mol. The summed E-state index contributed by atoms with van der Waals surface area (Å²) in [6, 6.07) is 5.48. The SMILES string of the molecule is CC1=C(NC(=O)c2ccnc3nc(-c4cccnc4)[nH]c23)CNC(C2CCC2)=C1. The number of nitrogens with one attached hydrogen (secondary N) is 3. The van der Waals surface area contributed by atoms with Gasteiger partial charge in [-0.05, 0) is 55.5 Å². The van der Waals surface area contributed by atoms with Gasteiger partial charge in [-0.1, -0.05) is 6.42 Å². The summed E-state index contributed by atoms with van der Waals surface area (Å²) in [4.78, 5) is 29.2. The maximum atomic E-state index is 13.0. The minimum absolute atomic E-state index is 0.171. The third-order valence-electron chi connectivity index (χ3n) is 5.70. The Hall–Kier alpha value is -3.48. The van der Waals surface area contributed by atoms with Gasteiger partial charge in [-0.3, -0.25) is 9.78 Å². The zero-order valence-electron chi connectivity index (χ0n) is 16.2. The highest BCUT2D eigenvalue weighted by atomic mass is 16.1. The van der Waals surface area contributed by atoms with Crippen molar-refractivity contribution >= 4 is 17.1 Å². The third kappa shape index (κ3) is 3.29. The van der Waals surface area contributed by atoms with E-state index in [0.29, 0.717) is 35.0 Å². The Morgan fingerprint density at radius 3 is 2.86 bits per heavy atom. The van der Waals surface area contributed by atoms with Crippen molar-refractivity contribution < 1.29 is 4.79 Å². The summed E-state index contributed by atoms with van der Waals surface area (Å²) in [7, 11) is 0. The molecule has 0 spiro atoms. The number of imidazole rings is 1. The van der Waals surface area contributed by atoms with Crippen LogP contribution in [0.3, 0.4) is 0 Å². The number of aromatic nitrogens is 4. The fourth-order valence-corrected chi connectivity index (χ4v) is 3.77. The second-order valence-electron chi connectivity index (χ2n) is 7.58. The Labute approximate surface area is 168 Å². The van der Waals surface area contributed by atoms with Crippen LogP contribution in [0.25, 0.3) is 22.6 Å². The van der Waals surface area contributed by atoms with Gasteiger partial charge < -0.3 is 15.6 Å². The van der Waals surface area contributed by atoms with E-state index in [1.54, 1.807) is 24.7 Å². The summed E-state index contributed by atoms with van der Waals surface area (Å²) in [5.41, 5.74) is 5.80. The number of nitrogens with zero attached hydrogens (tertiary/aromatic N) is 3. The monoisotopic (exact) mass is 386 g/mol. The Morgan fingerprint density at radius 2 is 2.14 bits per heavy atom. The lowest BCUT2D eigenvalue weighted by molar-refractivity contribution is 0.0966. The first-order valence-electron chi connectivity index (χ1n) is 9.91. The molecule has 1 amide bonds. The maximum absolute atomic E-state index is 13.0. The molecule has 5 rings (SSSR count). The largest absolute Gasteiger partial charge is 0.383 e. The molecule has 3 N–H and O–H groups in total. The smallest absolute Gasteiger partial charge is 0.257 e. The summed E-state index contributed by atoms with van der Waals surface area (Å²) in [6.45, 7) is 2.69. The van der Waals surface area contributed by atoms with Crippen LogP contribution in [0.1, 0.15) is 36.5 Å². The van der Waals surface area contributed by atoms with Crippen LogP contribution in [0, 0.1) is 5.92 Å². The average molecular weight is 386 g/mol. The molecule has 1 aliphatic carbocycles. The van der Waals surface area contributed by atoms with Crippen molar-refractivity contribution in [3.63, 3.8) is 0 Å². The van der Waals surface area contributed by atoms with Gasteiger partial charge >= 0.3 is 0 Å². The topological polar surface area (TPSA) is 95.6 Å². The average Bonchev–Trinajstić information content (AvgIpc) is 3.14. The van der Waals surface area contributed by atoms with E-state index in [2.05, 4.69) is 36.6 Å². The number of aromatic amines is 1. The molecule has 146 valence electrons. The summed E-state index contributed by atoms with van der Waals surface area (Å²) in [6.07, 6.45) is 11.0. The van der Waals surface area contributed by atoms with Crippen LogP contribution in [0.2, 0.25) is 0 Å². The van der Waals surface area contributed by atoms with E-state index in [0.717, 1.165) is 16.8 Å². The maximum Gasteiger partial charge on any atom is 0.257 e. The van der Waals surface area contributed by atoms with Crippen molar-refractivity contribution in [2.24, 2.45) is 5.92 Å². The number of carbonyl (C=O) groups excluding carboxylic acids is 1. The molecule has 0 saturated heterocycles. The van der Waals surface area contributed by atoms with Crippen LogP contribution in [-0.4, -0.2) is 32.4 Å². The number of hydrogen-bond acceptors (Lipinski definition) is 5. The van der Waals surface area contributed by atoms with Crippen molar-refractivity contribution in [3.05, 3.63) is 65.4 Å². The number of fused-ring (bicyclic) bond motifs is 1. The molecule has 3 aromatic heterocycles. The van der Waals surface area contributed by atoms with E-state index in [1.807, 2.05) is 19.1 Å². The lowest BCUT2D eigenvalue weighted by Gasteiger charge is -2.32. The van der Waals surface area contributed by atoms with Gasteiger partial charge in [0, 0.05) is 35.5 Å². The molecule has 1 aliphatic heterocycles. The number of dihydropyridines is 1. The second kappa shape index (κ2) is 7.16. The number of H-pyrrole nitrogens is 1. The van der Waals surface area contributed by atoms with Gasteiger partial charge in [-0.25, -0.2) is 9.97 Å². The molecule has 7 nitrogen and oxygen atoms in total. The molecule has 0 bridgehead atoms. The standard InChI is InChI=1S/C22H22N6O/c1-13-10-17(14-4-2-5-14)25-12-18(13)26-22(29)16-7-9-24-21-19(16)27-20(28-21)15-6-3-8-23-11-15/h3,6-11,14,25H,2,4-5,12H2,1H3,(H,26,29)(H,24,27,28). The first kappa shape index (κ1) is 17.6. The number of amides is 1. The number of carbonyl (C=O) groups is 1. The van der Waals surface area contributed by atoms with Gasteiger partial charge in [0.15, 0.2) is 5.65 Å². The van der Waals surface area contributed by atoms with Crippen LogP contribution in [0.5, 0.6) is 0 Å². The van der Waals surface area contributed by atoms with Crippen LogP contribution in [0.15, 0.2) is 59.8 Å².